The standard InChI is InChI=1S/C23H23FO3/c1-14-6-8-21(25-3)17(10-14)19-12-16(24)13-20(23(19)27-5)18-11-15(2)7-9-22(18)26-4/h6-13H,1-5H3. The second kappa shape index (κ2) is 7.70. The number of hydrogen-bond donors (Lipinski definition) is 0. The van der Waals surface area contributed by atoms with Crippen LogP contribution in [0.25, 0.3) is 22.3 Å². The van der Waals surface area contributed by atoms with Crippen LogP contribution in [0.3, 0.4) is 0 Å². The van der Waals surface area contributed by atoms with E-state index in [2.05, 4.69) is 0 Å². The van der Waals surface area contributed by atoms with E-state index in [-0.39, 0.29) is 5.82 Å². The van der Waals surface area contributed by atoms with Crippen LogP contribution in [-0.2, 0) is 0 Å². The van der Waals surface area contributed by atoms with E-state index in [9.17, 15) is 4.39 Å². The van der Waals surface area contributed by atoms with Crippen molar-refractivity contribution in [3.8, 4) is 39.5 Å². The minimum absolute atomic E-state index is 0.354. The predicted octanol–water partition coefficient (Wildman–Crippen LogP) is 5.80. The lowest BCUT2D eigenvalue weighted by Crippen LogP contribution is -1.98. The van der Waals surface area contributed by atoms with Gasteiger partial charge in [-0.05, 0) is 50.2 Å². The third-order valence-electron chi connectivity index (χ3n) is 4.55. The number of ether oxygens (including phenoxy) is 3. The van der Waals surface area contributed by atoms with E-state index >= 15 is 0 Å². The van der Waals surface area contributed by atoms with Crippen molar-refractivity contribution in [2.45, 2.75) is 13.8 Å². The van der Waals surface area contributed by atoms with Crippen molar-refractivity contribution in [2.24, 2.45) is 0 Å². The maximum absolute atomic E-state index is 14.7. The molecule has 0 fully saturated rings. The van der Waals surface area contributed by atoms with Crippen molar-refractivity contribution < 1.29 is 18.6 Å². The van der Waals surface area contributed by atoms with Crippen molar-refractivity contribution >= 4 is 0 Å². The van der Waals surface area contributed by atoms with Crippen molar-refractivity contribution in [2.75, 3.05) is 21.3 Å². The molecule has 3 aromatic carbocycles. The molecule has 0 spiro atoms. The van der Waals surface area contributed by atoms with Gasteiger partial charge in [-0.2, -0.15) is 0 Å². The maximum atomic E-state index is 14.7. The molecular formula is C23H23FO3. The van der Waals surface area contributed by atoms with Crippen LogP contribution in [-0.4, -0.2) is 21.3 Å². The van der Waals surface area contributed by atoms with Crippen molar-refractivity contribution in [3.63, 3.8) is 0 Å². The fourth-order valence-electron chi connectivity index (χ4n) is 3.28. The fourth-order valence-corrected chi connectivity index (χ4v) is 3.28. The molecular weight excluding hydrogens is 343 g/mol. The van der Waals surface area contributed by atoms with Crippen LogP contribution < -0.4 is 14.2 Å². The van der Waals surface area contributed by atoms with E-state index < -0.39 is 0 Å². The molecule has 3 aromatic rings. The van der Waals surface area contributed by atoms with Crippen LogP contribution in [0.4, 0.5) is 4.39 Å². The van der Waals surface area contributed by atoms with E-state index in [0.29, 0.717) is 28.4 Å². The molecule has 0 heterocycles. The Bertz CT molecular complexity index is 905. The quantitative estimate of drug-likeness (QED) is 0.571. The van der Waals surface area contributed by atoms with Gasteiger partial charge in [-0.3, -0.25) is 0 Å². The highest BCUT2D eigenvalue weighted by molar-refractivity contribution is 5.87. The molecule has 0 aliphatic rings. The van der Waals surface area contributed by atoms with Crippen molar-refractivity contribution in [1.82, 2.24) is 0 Å². The van der Waals surface area contributed by atoms with Crippen LogP contribution in [0.5, 0.6) is 17.2 Å². The van der Waals surface area contributed by atoms with Gasteiger partial charge < -0.3 is 14.2 Å². The van der Waals surface area contributed by atoms with Gasteiger partial charge in [0, 0.05) is 22.3 Å². The SMILES string of the molecule is COc1ccc(C)cc1-c1cc(F)cc(-c2cc(C)ccc2OC)c1OC. The second-order valence-corrected chi connectivity index (χ2v) is 6.44. The molecule has 3 nitrogen and oxygen atoms in total. The minimum atomic E-state index is -0.354. The Labute approximate surface area is 159 Å². The normalized spacial score (nSPS) is 10.6. The van der Waals surface area contributed by atoms with Gasteiger partial charge in [0.25, 0.3) is 0 Å². The van der Waals surface area contributed by atoms with Crippen molar-refractivity contribution in [1.29, 1.82) is 0 Å². The number of aryl methyl sites for hydroxylation is 2. The number of halogens is 1. The van der Waals surface area contributed by atoms with Crippen LogP contribution in [0.1, 0.15) is 11.1 Å². The molecule has 4 heteroatoms. The monoisotopic (exact) mass is 366 g/mol. The lowest BCUT2D eigenvalue weighted by molar-refractivity contribution is 0.408. The summed E-state index contributed by atoms with van der Waals surface area (Å²) in [7, 11) is 4.79. The summed E-state index contributed by atoms with van der Waals surface area (Å²) in [6.07, 6.45) is 0. The molecule has 140 valence electrons. The van der Waals surface area contributed by atoms with Crippen LogP contribution in [0, 0.1) is 19.7 Å². The highest BCUT2D eigenvalue weighted by Gasteiger charge is 2.20. The molecule has 27 heavy (non-hydrogen) atoms. The van der Waals surface area contributed by atoms with Crippen molar-refractivity contribution in [3.05, 3.63) is 65.5 Å². The summed E-state index contributed by atoms with van der Waals surface area (Å²) in [5.41, 5.74) is 4.93. The smallest absolute Gasteiger partial charge is 0.134 e. The molecule has 0 aliphatic carbocycles. The zero-order chi connectivity index (χ0) is 19.6. The third kappa shape index (κ3) is 3.61. The summed E-state index contributed by atoms with van der Waals surface area (Å²) in [5, 5.41) is 0. The predicted molar refractivity (Wildman–Crippen MR) is 106 cm³/mol. The number of methoxy groups -OCH3 is 3. The summed E-state index contributed by atoms with van der Waals surface area (Å²) in [6, 6.07) is 14.5. The topological polar surface area (TPSA) is 27.7 Å². The van der Waals surface area contributed by atoms with Crippen LogP contribution in [0.15, 0.2) is 48.5 Å². The molecule has 0 N–H and O–H groups in total. The van der Waals surface area contributed by atoms with Gasteiger partial charge in [0.1, 0.15) is 23.1 Å². The summed E-state index contributed by atoms with van der Waals surface area (Å²) in [4.78, 5) is 0. The minimum Gasteiger partial charge on any atom is -0.496 e. The lowest BCUT2D eigenvalue weighted by atomic mass is 9.94. The zero-order valence-corrected chi connectivity index (χ0v) is 16.2. The van der Waals surface area contributed by atoms with E-state index in [0.717, 1.165) is 22.3 Å². The van der Waals surface area contributed by atoms with Gasteiger partial charge >= 0.3 is 0 Å². The van der Waals surface area contributed by atoms with Gasteiger partial charge in [-0.1, -0.05) is 23.3 Å². The highest BCUT2D eigenvalue weighted by atomic mass is 19.1. The molecule has 0 saturated heterocycles. The molecule has 0 unspecified atom stereocenters. The Morgan fingerprint density at radius 1 is 0.593 bits per heavy atom. The van der Waals surface area contributed by atoms with E-state index in [1.807, 2.05) is 50.2 Å². The summed E-state index contributed by atoms with van der Waals surface area (Å²) < 4.78 is 31.4. The molecule has 0 radical (unpaired) electrons. The average Bonchev–Trinajstić information content (AvgIpc) is 2.67. The molecule has 0 saturated carbocycles. The molecule has 0 aliphatic heterocycles. The van der Waals surface area contributed by atoms with Gasteiger partial charge in [0.15, 0.2) is 0 Å². The summed E-state index contributed by atoms with van der Waals surface area (Å²) >= 11 is 0. The fraction of sp³-hybridized carbons (Fsp3) is 0.217. The Morgan fingerprint density at radius 2 is 1.04 bits per heavy atom. The highest BCUT2D eigenvalue weighted by Crippen LogP contribution is 2.45. The third-order valence-corrected chi connectivity index (χ3v) is 4.55. The van der Waals surface area contributed by atoms with E-state index in [4.69, 9.17) is 14.2 Å². The van der Waals surface area contributed by atoms with Crippen LogP contribution in [0.2, 0.25) is 0 Å². The molecule has 0 bridgehead atoms. The Hall–Kier alpha value is -3.01. The Morgan fingerprint density at radius 3 is 1.41 bits per heavy atom. The lowest BCUT2D eigenvalue weighted by Gasteiger charge is -2.18. The second-order valence-electron chi connectivity index (χ2n) is 6.44. The number of benzene rings is 3. The Balaban J connectivity index is 2.35. The first-order valence-corrected chi connectivity index (χ1v) is 8.66. The van der Waals surface area contributed by atoms with Gasteiger partial charge in [-0.15, -0.1) is 0 Å². The number of rotatable bonds is 5. The summed E-state index contributed by atoms with van der Waals surface area (Å²) in [5.74, 6) is 1.54. The molecule has 0 atom stereocenters. The molecule has 3 rings (SSSR count). The largest absolute Gasteiger partial charge is 0.496 e. The first-order valence-electron chi connectivity index (χ1n) is 8.66. The van der Waals surface area contributed by atoms with Gasteiger partial charge in [0.05, 0.1) is 21.3 Å². The van der Waals surface area contributed by atoms with Gasteiger partial charge in [0.2, 0.25) is 0 Å². The van der Waals surface area contributed by atoms with Crippen LogP contribution >= 0.6 is 0 Å². The molecule has 0 aromatic heterocycles. The summed E-state index contributed by atoms with van der Waals surface area (Å²) in [6.45, 7) is 3.97. The van der Waals surface area contributed by atoms with E-state index in [1.54, 1.807) is 21.3 Å². The van der Waals surface area contributed by atoms with Gasteiger partial charge in [-0.25, -0.2) is 4.39 Å². The molecule has 0 amide bonds. The Kier molecular flexibility index (Phi) is 5.36. The number of hydrogen-bond acceptors (Lipinski definition) is 3. The average molecular weight is 366 g/mol. The maximum Gasteiger partial charge on any atom is 0.134 e. The first kappa shape index (κ1) is 18.8. The van der Waals surface area contributed by atoms with E-state index in [1.165, 1.54) is 12.1 Å². The first-order chi connectivity index (χ1) is 13.0. The zero-order valence-electron chi connectivity index (χ0n) is 16.2.